The molecular formula is C26H38N4O5. The zero-order chi connectivity index (χ0) is 24.4. The van der Waals surface area contributed by atoms with E-state index in [0.29, 0.717) is 12.8 Å². The zero-order valence-corrected chi connectivity index (χ0v) is 20.6. The zero-order valence-electron chi connectivity index (χ0n) is 20.6. The van der Waals surface area contributed by atoms with E-state index in [0.717, 1.165) is 68.9 Å². The van der Waals surface area contributed by atoms with Crippen molar-refractivity contribution in [2.24, 2.45) is 0 Å². The van der Waals surface area contributed by atoms with Crippen molar-refractivity contribution >= 4 is 17.6 Å². The largest absolute Gasteiger partial charge is 0.487 e. The van der Waals surface area contributed by atoms with Gasteiger partial charge in [0, 0.05) is 49.4 Å². The molecule has 3 N–H and O–H groups in total. The molecule has 0 unspecified atom stereocenters. The quantitative estimate of drug-likeness (QED) is 0.590. The Labute approximate surface area is 207 Å². The van der Waals surface area contributed by atoms with Gasteiger partial charge in [-0.3, -0.25) is 4.79 Å². The van der Waals surface area contributed by atoms with E-state index >= 15 is 0 Å². The number of carbonyl (C=O) groups excluding carboxylic acids is 2. The molecule has 1 aromatic carbocycles. The summed E-state index contributed by atoms with van der Waals surface area (Å²) < 4.78 is 12.3. The van der Waals surface area contributed by atoms with Crippen molar-refractivity contribution in [1.82, 2.24) is 15.1 Å². The molecule has 3 heterocycles. The minimum atomic E-state index is -0.488. The Morgan fingerprint density at radius 3 is 2.63 bits per heavy atom. The van der Waals surface area contributed by atoms with Crippen LogP contribution in [-0.4, -0.2) is 91.0 Å². The van der Waals surface area contributed by atoms with Crippen LogP contribution in [0.2, 0.25) is 0 Å². The number of aliphatic hydroxyl groups excluding tert-OH is 1. The molecule has 3 amide bonds. The molecule has 192 valence electrons. The lowest BCUT2D eigenvalue weighted by Gasteiger charge is -2.38. The van der Waals surface area contributed by atoms with Gasteiger partial charge in [-0.05, 0) is 44.5 Å². The third-order valence-electron chi connectivity index (χ3n) is 7.96. The van der Waals surface area contributed by atoms with Gasteiger partial charge in [0.25, 0.3) is 0 Å². The molecule has 2 saturated heterocycles. The van der Waals surface area contributed by atoms with Gasteiger partial charge in [-0.2, -0.15) is 0 Å². The number of urea groups is 1. The van der Waals surface area contributed by atoms with Crippen LogP contribution < -0.4 is 15.4 Å². The number of anilines is 1. The van der Waals surface area contributed by atoms with Gasteiger partial charge in [0.2, 0.25) is 5.91 Å². The maximum atomic E-state index is 12.9. The van der Waals surface area contributed by atoms with Crippen molar-refractivity contribution < 1.29 is 24.2 Å². The number of ether oxygens (including phenoxy) is 2. The van der Waals surface area contributed by atoms with E-state index in [-0.39, 0.29) is 42.7 Å². The van der Waals surface area contributed by atoms with Gasteiger partial charge in [0.15, 0.2) is 0 Å². The maximum absolute atomic E-state index is 12.9. The van der Waals surface area contributed by atoms with Crippen LogP contribution in [0, 0.1) is 0 Å². The smallest absolute Gasteiger partial charge is 0.319 e. The molecule has 9 heteroatoms. The molecule has 0 spiro atoms. The first-order valence-corrected chi connectivity index (χ1v) is 13.1. The number of rotatable bonds is 5. The minimum Gasteiger partial charge on any atom is -0.487 e. The Morgan fingerprint density at radius 2 is 1.89 bits per heavy atom. The van der Waals surface area contributed by atoms with Crippen molar-refractivity contribution in [3.05, 3.63) is 23.8 Å². The Morgan fingerprint density at radius 1 is 1.11 bits per heavy atom. The highest BCUT2D eigenvalue weighted by atomic mass is 16.6. The fourth-order valence-electron chi connectivity index (χ4n) is 5.95. The van der Waals surface area contributed by atoms with E-state index in [9.17, 15) is 14.7 Å². The molecule has 1 aliphatic carbocycles. The number of aliphatic hydroxyl groups is 1. The van der Waals surface area contributed by atoms with Gasteiger partial charge < -0.3 is 35.0 Å². The second kappa shape index (κ2) is 10.7. The molecule has 0 aromatic heterocycles. The van der Waals surface area contributed by atoms with E-state index in [4.69, 9.17) is 9.47 Å². The van der Waals surface area contributed by atoms with Gasteiger partial charge in [-0.15, -0.1) is 0 Å². The summed E-state index contributed by atoms with van der Waals surface area (Å²) >= 11 is 0. The lowest BCUT2D eigenvalue weighted by Crippen LogP contribution is -2.50. The molecule has 0 radical (unpaired) electrons. The number of nitrogens with one attached hydrogen (secondary N) is 2. The predicted molar refractivity (Wildman–Crippen MR) is 132 cm³/mol. The number of fused-ring (bicyclic) bond motifs is 3. The molecular weight excluding hydrogens is 448 g/mol. The molecule has 5 rings (SSSR count). The van der Waals surface area contributed by atoms with Gasteiger partial charge in [0.05, 0.1) is 19.1 Å². The van der Waals surface area contributed by atoms with E-state index in [2.05, 4.69) is 22.6 Å². The van der Waals surface area contributed by atoms with Crippen LogP contribution in [0.5, 0.6) is 5.75 Å². The number of amides is 3. The number of piperazine rings is 1. The second-order valence-electron chi connectivity index (χ2n) is 10.5. The normalized spacial score (nSPS) is 29.1. The molecule has 3 aliphatic heterocycles. The van der Waals surface area contributed by atoms with Crippen molar-refractivity contribution in [3.8, 4) is 5.75 Å². The third kappa shape index (κ3) is 5.57. The van der Waals surface area contributed by atoms with E-state index < -0.39 is 6.10 Å². The number of benzene rings is 1. The molecule has 0 bridgehead atoms. The number of nitrogens with zero attached hydrogens (tertiary/aromatic N) is 2. The second-order valence-corrected chi connectivity index (χ2v) is 10.5. The summed E-state index contributed by atoms with van der Waals surface area (Å²) in [7, 11) is 2.07. The highest BCUT2D eigenvalue weighted by molar-refractivity contribution is 5.89. The van der Waals surface area contributed by atoms with E-state index in [1.807, 2.05) is 23.1 Å². The summed E-state index contributed by atoms with van der Waals surface area (Å²) in [5, 5.41) is 16.1. The standard InChI is InChI=1S/C26H38N4O5/c1-29-9-11-30(12-10-29)24(32)15-19-14-21-20-13-18(28-26(33)27-17-5-3-2-4-6-17)7-8-22(20)35-25(21)23(16-31)34-19/h7-8,13,17,19,21,23,25,31H,2-6,9-12,14-16H2,1H3,(H2,27,28,33)/t19-,21+,23+,25-/m0/s1. The third-order valence-corrected chi connectivity index (χ3v) is 7.96. The van der Waals surface area contributed by atoms with Crippen molar-refractivity contribution in [1.29, 1.82) is 0 Å². The molecule has 1 aromatic rings. The lowest BCUT2D eigenvalue weighted by molar-refractivity contribution is -0.150. The van der Waals surface area contributed by atoms with Crippen molar-refractivity contribution in [2.45, 2.75) is 75.2 Å². The first-order chi connectivity index (χ1) is 17.0. The number of likely N-dealkylation sites (N-methyl/N-ethyl adjacent to an activating group) is 1. The van der Waals surface area contributed by atoms with Crippen molar-refractivity contribution in [3.63, 3.8) is 0 Å². The fraction of sp³-hybridized carbons (Fsp3) is 0.692. The summed E-state index contributed by atoms with van der Waals surface area (Å²) in [6.45, 7) is 3.07. The summed E-state index contributed by atoms with van der Waals surface area (Å²) in [6, 6.07) is 5.76. The highest BCUT2D eigenvalue weighted by Gasteiger charge is 2.46. The molecule has 4 atom stereocenters. The summed E-state index contributed by atoms with van der Waals surface area (Å²) in [5.41, 5.74) is 1.72. The van der Waals surface area contributed by atoms with Gasteiger partial charge in [-0.25, -0.2) is 4.79 Å². The summed E-state index contributed by atoms with van der Waals surface area (Å²) in [5.74, 6) is 0.864. The topological polar surface area (TPSA) is 103 Å². The number of hydrogen-bond acceptors (Lipinski definition) is 6. The molecule has 9 nitrogen and oxygen atoms in total. The Hall–Kier alpha value is -2.36. The monoisotopic (exact) mass is 486 g/mol. The maximum Gasteiger partial charge on any atom is 0.319 e. The number of hydrogen-bond donors (Lipinski definition) is 3. The van der Waals surface area contributed by atoms with Gasteiger partial charge in [0.1, 0.15) is 18.0 Å². The highest BCUT2D eigenvalue weighted by Crippen LogP contribution is 2.47. The van der Waals surface area contributed by atoms with E-state index in [1.165, 1.54) is 6.42 Å². The van der Waals surface area contributed by atoms with Crippen LogP contribution in [0.3, 0.4) is 0 Å². The molecule has 35 heavy (non-hydrogen) atoms. The first kappa shape index (κ1) is 24.3. The summed E-state index contributed by atoms with van der Waals surface area (Å²) in [4.78, 5) is 29.6. The molecule has 3 fully saturated rings. The molecule has 4 aliphatic rings. The van der Waals surface area contributed by atoms with Crippen LogP contribution in [-0.2, 0) is 9.53 Å². The average molecular weight is 487 g/mol. The van der Waals surface area contributed by atoms with Crippen molar-refractivity contribution in [2.75, 3.05) is 45.2 Å². The van der Waals surface area contributed by atoms with Crippen LogP contribution >= 0.6 is 0 Å². The first-order valence-electron chi connectivity index (χ1n) is 13.1. The van der Waals surface area contributed by atoms with Crippen LogP contribution in [0.15, 0.2) is 18.2 Å². The van der Waals surface area contributed by atoms with Crippen LogP contribution in [0.25, 0.3) is 0 Å². The van der Waals surface area contributed by atoms with Crippen LogP contribution in [0.1, 0.15) is 56.4 Å². The summed E-state index contributed by atoms with van der Waals surface area (Å²) in [6.07, 6.45) is 5.53. The minimum absolute atomic E-state index is 0.00402. The van der Waals surface area contributed by atoms with Gasteiger partial charge >= 0.3 is 6.03 Å². The Kier molecular flexibility index (Phi) is 7.45. The SMILES string of the molecule is CN1CCN(C(=O)C[C@@H]2C[C@@H]3c4cc(NC(=O)NC5CCCCC5)ccc4O[C@@H]3[C@@H](CO)O2)CC1. The van der Waals surface area contributed by atoms with Gasteiger partial charge in [-0.1, -0.05) is 19.3 Å². The fourth-order valence-corrected chi connectivity index (χ4v) is 5.95. The number of carbonyl (C=O) groups is 2. The predicted octanol–water partition coefficient (Wildman–Crippen LogP) is 2.30. The molecule has 1 saturated carbocycles. The van der Waals surface area contributed by atoms with E-state index in [1.54, 1.807) is 0 Å². The average Bonchev–Trinajstić information content (AvgIpc) is 3.22. The Bertz CT molecular complexity index is 913. The lowest BCUT2D eigenvalue weighted by atomic mass is 9.84. The Balaban J connectivity index is 1.24. The van der Waals surface area contributed by atoms with Crippen LogP contribution in [0.4, 0.5) is 10.5 Å².